The van der Waals surface area contributed by atoms with E-state index in [4.69, 9.17) is 21.7 Å². The number of rotatable bonds is 6. The number of carbonyl (C=O) groups excluding carboxylic acids is 1. The van der Waals surface area contributed by atoms with Crippen molar-refractivity contribution < 1.29 is 14.3 Å². The van der Waals surface area contributed by atoms with Crippen molar-refractivity contribution in [2.75, 3.05) is 19.0 Å². The second kappa shape index (κ2) is 9.44. The number of ether oxygens (including phenoxy) is 2. The zero-order valence-corrected chi connectivity index (χ0v) is 14.9. The third-order valence-electron chi connectivity index (χ3n) is 3.21. The third kappa shape index (κ3) is 5.93. The number of para-hydroxylation sites is 1. The van der Waals surface area contributed by atoms with Gasteiger partial charge < -0.3 is 14.8 Å². The molecule has 0 aliphatic carbocycles. The number of hydrogen-bond donors (Lipinski definition) is 2. The lowest BCUT2D eigenvalue weighted by molar-refractivity contribution is -0.115. The second-order valence-corrected chi connectivity index (χ2v) is 5.38. The summed E-state index contributed by atoms with van der Waals surface area (Å²) in [5, 5.41) is 5.77. The van der Waals surface area contributed by atoms with Crippen LogP contribution in [0.1, 0.15) is 12.5 Å². The molecule has 2 rings (SSSR count). The van der Waals surface area contributed by atoms with Crippen LogP contribution in [0.3, 0.4) is 0 Å². The predicted molar refractivity (Wildman–Crippen MR) is 104 cm³/mol. The minimum Gasteiger partial charge on any atom is -0.496 e. The molecule has 0 spiro atoms. The molecule has 130 valence electrons. The average molecular weight is 356 g/mol. The van der Waals surface area contributed by atoms with E-state index in [1.807, 2.05) is 55.5 Å². The van der Waals surface area contributed by atoms with Gasteiger partial charge in [0.2, 0.25) is 5.91 Å². The standard InChI is InChI=1S/C19H20N2O3S/c1-3-24-16-11-9-15(10-12-16)20-19(25)21-18(22)13-8-14-6-4-5-7-17(14)23-2/h4-13H,3H2,1-2H3,(H2,20,21,22,25)/b13-8+. The number of amides is 1. The Morgan fingerprint density at radius 3 is 2.56 bits per heavy atom. The first kappa shape index (κ1) is 18.5. The van der Waals surface area contributed by atoms with Crippen LogP contribution in [0.15, 0.2) is 54.6 Å². The summed E-state index contributed by atoms with van der Waals surface area (Å²) in [4.78, 5) is 12.0. The number of methoxy groups -OCH3 is 1. The molecule has 2 N–H and O–H groups in total. The van der Waals surface area contributed by atoms with Crippen molar-refractivity contribution in [1.82, 2.24) is 5.32 Å². The maximum atomic E-state index is 12.0. The van der Waals surface area contributed by atoms with E-state index < -0.39 is 0 Å². The Bertz CT molecular complexity index is 758. The number of anilines is 1. The van der Waals surface area contributed by atoms with Crippen molar-refractivity contribution in [2.24, 2.45) is 0 Å². The van der Waals surface area contributed by atoms with E-state index in [0.717, 1.165) is 17.0 Å². The van der Waals surface area contributed by atoms with Gasteiger partial charge in [0.05, 0.1) is 13.7 Å². The van der Waals surface area contributed by atoms with E-state index in [9.17, 15) is 4.79 Å². The van der Waals surface area contributed by atoms with Crippen LogP contribution in [0.4, 0.5) is 5.69 Å². The summed E-state index contributed by atoms with van der Waals surface area (Å²) < 4.78 is 10.6. The molecule has 0 atom stereocenters. The number of nitrogens with one attached hydrogen (secondary N) is 2. The van der Waals surface area contributed by atoms with Crippen LogP contribution in [-0.2, 0) is 4.79 Å². The van der Waals surface area contributed by atoms with Gasteiger partial charge in [0.25, 0.3) is 0 Å². The highest BCUT2D eigenvalue weighted by atomic mass is 32.1. The Morgan fingerprint density at radius 1 is 1.16 bits per heavy atom. The van der Waals surface area contributed by atoms with E-state index in [2.05, 4.69) is 10.6 Å². The maximum absolute atomic E-state index is 12.0. The molecule has 25 heavy (non-hydrogen) atoms. The Hall–Kier alpha value is -2.86. The molecule has 1 amide bonds. The molecule has 0 heterocycles. The van der Waals surface area contributed by atoms with Crippen molar-refractivity contribution in [2.45, 2.75) is 6.92 Å². The largest absolute Gasteiger partial charge is 0.496 e. The van der Waals surface area contributed by atoms with Crippen LogP contribution in [-0.4, -0.2) is 24.7 Å². The highest BCUT2D eigenvalue weighted by Crippen LogP contribution is 2.18. The molecule has 0 aliphatic rings. The van der Waals surface area contributed by atoms with E-state index in [1.54, 1.807) is 13.2 Å². The van der Waals surface area contributed by atoms with Crippen LogP contribution in [0.25, 0.3) is 6.08 Å². The quantitative estimate of drug-likeness (QED) is 0.611. The summed E-state index contributed by atoms with van der Waals surface area (Å²) in [6, 6.07) is 14.7. The van der Waals surface area contributed by atoms with Gasteiger partial charge in [-0.3, -0.25) is 10.1 Å². The molecule has 0 aromatic heterocycles. The van der Waals surface area contributed by atoms with Gasteiger partial charge in [-0.15, -0.1) is 0 Å². The molecule has 0 radical (unpaired) electrons. The highest BCUT2D eigenvalue weighted by molar-refractivity contribution is 7.80. The fourth-order valence-electron chi connectivity index (χ4n) is 2.09. The number of carbonyl (C=O) groups is 1. The van der Waals surface area contributed by atoms with Crippen LogP contribution in [0.2, 0.25) is 0 Å². The Kier molecular flexibility index (Phi) is 6.98. The van der Waals surface area contributed by atoms with Gasteiger partial charge in [-0.25, -0.2) is 0 Å². The first-order valence-corrected chi connectivity index (χ1v) is 8.19. The van der Waals surface area contributed by atoms with Crippen LogP contribution in [0.5, 0.6) is 11.5 Å². The Balaban J connectivity index is 1.89. The fourth-order valence-corrected chi connectivity index (χ4v) is 2.31. The lowest BCUT2D eigenvalue weighted by Gasteiger charge is -2.09. The third-order valence-corrected chi connectivity index (χ3v) is 3.42. The number of hydrogen-bond acceptors (Lipinski definition) is 4. The smallest absolute Gasteiger partial charge is 0.250 e. The van der Waals surface area contributed by atoms with E-state index in [0.29, 0.717) is 12.4 Å². The molecular weight excluding hydrogens is 336 g/mol. The molecule has 0 fully saturated rings. The summed E-state index contributed by atoms with van der Waals surface area (Å²) in [6.45, 7) is 2.54. The molecule has 0 bridgehead atoms. The lowest BCUT2D eigenvalue weighted by atomic mass is 10.2. The van der Waals surface area contributed by atoms with E-state index in [1.165, 1.54) is 6.08 Å². The monoisotopic (exact) mass is 356 g/mol. The van der Waals surface area contributed by atoms with Gasteiger partial charge in [0, 0.05) is 17.3 Å². The number of benzene rings is 2. The molecule has 6 heteroatoms. The van der Waals surface area contributed by atoms with E-state index in [-0.39, 0.29) is 11.0 Å². The summed E-state index contributed by atoms with van der Waals surface area (Å²) in [6.07, 6.45) is 3.08. The summed E-state index contributed by atoms with van der Waals surface area (Å²) in [5.41, 5.74) is 1.58. The van der Waals surface area contributed by atoms with Crippen molar-refractivity contribution in [3.05, 3.63) is 60.2 Å². The first-order chi connectivity index (χ1) is 12.1. The van der Waals surface area contributed by atoms with Crippen LogP contribution >= 0.6 is 12.2 Å². The lowest BCUT2D eigenvalue weighted by Crippen LogP contribution is -2.32. The van der Waals surface area contributed by atoms with Crippen LogP contribution in [0, 0.1) is 0 Å². The van der Waals surface area contributed by atoms with Crippen molar-refractivity contribution >= 4 is 35.0 Å². The molecule has 2 aromatic rings. The number of thiocarbonyl (C=S) groups is 1. The molecule has 0 saturated heterocycles. The second-order valence-electron chi connectivity index (χ2n) is 4.98. The van der Waals surface area contributed by atoms with Gasteiger partial charge in [0.15, 0.2) is 5.11 Å². The van der Waals surface area contributed by atoms with Gasteiger partial charge in [-0.2, -0.15) is 0 Å². The molecule has 2 aromatic carbocycles. The molecule has 0 saturated carbocycles. The minimum absolute atomic E-state index is 0.221. The predicted octanol–water partition coefficient (Wildman–Crippen LogP) is 3.62. The normalized spacial score (nSPS) is 10.3. The Morgan fingerprint density at radius 2 is 1.88 bits per heavy atom. The summed E-state index contributed by atoms with van der Waals surface area (Å²) in [5.74, 6) is 1.15. The first-order valence-electron chi connectivity index (χ1n) is 7.78. The summed E-state index contributed by atoms with van der Waals surface area (Å²) >= 11 is 5.14. The van der Waals surface area contributed by atoms with E-state index >= 15 is 0 Å². The zero-order chi connectivity index (χ0) is 18.1. The van der Waals surface area contributed by atoms with Gasteiger partial charge in [-0.1, -0.05) is 18.2 Å². The maximum Gasteiger partial charge on any atom is 0.250 e. The Labute approximate surface area is 152 Å². The molecule has 0 unspecified atom stereocenters. The van der Waals surface area contributed by atoms with Gasteiger partial charge >= 0.3 is 0 Å². The minimum atomic E-state index is -0.325. The average Bonchev–Trinajstić information content (AvgIpc) is 2.62. The molecule has 0 aliphatic heterocycles. The van der Waals surface area contributed by atoms with Crippen LogP contribution < -0.4 is 20.1 Å². The molecular formula is C19H20N2O3S. The van der Waals surface area contributed by atoms with Crippen molar-refractivity contribution in [3.63, 3.8) is 0 Å². The molecule has 5 nitrogen and oxygen atoms in total. The van der Waals surface area contributed by atoms with Crippen molar-refractivity contribution in [3.8, 4) is 11.5 Å². The van der Waals surface area contributed by atoms with Crippen molar-refractivity contribution in [1.29, 1.82) is 0 Å². The fraction of sp³-hybridized carbons (Fsp3) is 0.158. The summed E-state index contributed by atoms with van der Waals surface area (Å²) in [7, 11) is 1.59. The SMILES string of the molecule is CCOc1ccc(NC(=S)NC(=O)/C=C/c2ccccc2OC)cc1. The zero-order valence-electron chi connectivity index (χ0n) is 14.1. The van der Waals surface area contributed by atoms with Gasteiger partial charge in [-0.05, 0) is 55.5 Å². The van der Waals surface area contributed by atoms with Gasteiger partial charge in [0.1, 0.15) is 11.5 Å². The highest BCUT2D eigenvalue weighted by Gasteiger charge is 2.03. The topological polar surface area (TPSA) is 59.6 Å².